The molecule has 9 heteroatoms. The molecule has 0 saturated carbocycles. The summed E-state index contributed by atoms with van der Waals surface area (Å²) in [5, 5.41) is 0. The zero-order valence-electron chi connectivity index (χ0n) is 20.6. The molecule has 7 nitrogen and oxygen atoms in total. The van der Waals surface area contributed by atoms with Gasteiger partial charge in [0.25, 0.3) is 0 Å². The molecular formula is C28H27Br2NO6. The van der Waals surface area contributed by atoms with Crippen LogP contribution in [0.1, 0.15) is 33.3 Å². The van der Waals surface area contributed by atoms with Gasteiger partial charge in [0.15, 0.2) is 0 Å². The molecule has 0 bridgehead atoms. The molecule has 3 aromatic carbocycles. The fourth-order valence-electron chi connectivity index (χ4n) is 3.96. The van der Waals surface area contributed by atoms with Gasteiger partial charge in [0.2, 0.25) is 0 Å². The number of anilines is 1. The van der Waals surface area contributed by atoms with Crippen molar-refractivity contribution >= 4 is 55.5 Å². The number of benzene rings is 3. The Hall–Kier alpha value is -3.17. The van der Waals surface area contributed by atoms with E-state index in [0.29, 0.717) is 11.3 Å². The van der Waals surface area contributed by atoms with E-state index in [1.165, 1.54) is 21.3 Å². The van der Waals surface area contributed by atoms with Gasteiger partial charge in [0.1, 0.15) is 0 Å². The van der Waals surface area contributed by atoms with Crippen LogP contribution in [0.2, 0.25) is 0 Å². The minimum absolute atomic E-state index is 0.218. The van der Waals surface area contributed by atoms with Gasteiger partial charge in [0, 0.05) is 27.7 Å². The average molecular weight is 633 g/mol. The molecule has 0 aliphatic rings. The number of rotatable bonds is 10. The minimum atomic E-state index is -0.637. The SMILES string of the molecule is COC(=O)c1ccc(N(C[C@@H](C(=O)OC)c2ccc(Br)cc2)C[C@@H](C(=O)OC)c2ccc(Br)cc2)cc1. The maximum atomic E-state index is 12.9. The van der Waals surface area contributed by atoms with Gasteiger partial charge in [-0.15, -0.1) is 0 Å². The predicted molar refractivity (Wildman–Crippen MR) is 148 cm³/mol. The van der Waals surface area contributed by atoms with Gasteiger partial charge >= 0.3 is 17.9 Å². The van der Waals surface area contributed by atoms with Crippen molar-refractivity contribution in [1.29, 1.82) is 0 Å². The van der Waals surface area contributed by atoms with Crippen LogP contribution in [0.4, 0.5) is 5.69 Å². The van der Waals surface area contributed by atoms with E-state index in [0.717, 1.165) is 20.1 Å². The van der Waals surface area contributed by atoms with Gasteiger partial charge in [-0.3, -0.25) is 9.59 Å². The molecule has 2 atom stereocenters. The third-order valence-electron chi connectivity index (χ3n) is 5.98. The van der Waals surface area contributed by atoms with E-state index >= 15 is 0 Å². The number of esters is 3. The molecule has 0 heterocycles. The van der Waals surface area contributed by atoms with Gasteiger partial charge < -0.3 is 19.1 Å². The van der Waals surface area contributed by atoms with Crippen molar-refractivity contribution in [2.75, 3.05) is 39.3 Å². The highest BCUT2D eigenvalue weighted by Crippen LogP contribution is 2.29. The molecule has 194 valence electrons. The number of ether oxygens (including phenoxy) is 3. The van der Waals surface area contributed by atoms with E-state index in [2.05, 4.69) is 31.9 Å². The Bertz CT molecular complexity index is 1150. The van der Waals surface area contributed by atoms with Crippen molar-refractivity contribution in [2.24, 2.45) is 0 Å². The molecule has 3 aromatic rings. The Kier molecular flexibility index (Phi) is 10.3. The molecule has 0 aliphatic heterocycles. The third-order valence-corrected chi connectivity index (χ3v) is 7.03. The summed E-state index contributed by atoms with van der Waals surface area (Å²) in [5.41, 5.74) is 2.64. The Morgan fingerprint density at radius 1 is 0.649 bits per heavy atom. The molecular weight excluding hydrogens is 606 g/mol. The minimum Gasteiger partial charge on any atom is -0.468 e. The number of halogens is 2. The van der Waals surface area contributed by atoms with Crippen LogP contribution in [-0.2, 0) is 23.8 Å². The van der Waals surface area contributed by atoms with E-state index in [1.807, 2.05) is 53.4 Å². The zero-order valence-corrected chi connectivity index (χ0v) is 23.8. The topological polar surface area (TPSA) is 82.1 Å². The first-order chi connectivity index (χ1) is 17.8. The standard InChI is InChI=1S/C28H27Br2NO6/c1-35-26(32)20-8-14-23(15-9-20)31(16-24(27(33)36-2)18-4-10-21(29)11-5-18)17-25(28(34)37-3)19-6-12-22(30)13-7-19/h4-15,24-25H,16-17H2,1-3H3/t24-,25-/m1/s1. The van der Waals surface area contributed by atoms with Crippen molar-refractivity contribution in [3.8, 4) is 0 Å². The van der Waals surface area contributed by atoms with Gasteiger partial charge in [-0.05, 0) is 59.7 Å². The molecule has 0 N–H and O–H groups in total. The second kappa shape index (κ2) is 13.4. The van der Waals surface area contributed by atoms with Crippen LogP contribution in [0, 0.1) is 0 Å². The molecule has 0 aromatic heterocycles. The summed E-state index contributed by atoms with van der Waals surface area (Å²) in [6, 6.07) is 21.7. The van der Waals surface area contributed by atoms with Gasteiger partial charge in [0.05, 0.1) is 38.7 Å². The van der Waals surface area contributed by atoms with Crippen LogP contribution in [0.25, 0.3) is 0 Å². The van der Waals surface area contributed by atoms with Crippen LogP contribution in [0.3, 0.4) is 0 Å². The quantitative estimate of drug-likeness (QED) is 0.209. The molecule has 37 heavy (non-hydrogen) atoms. The summed E-state index contributed by atoms with van der Waals surface area (Å²) in [5.74, 6) is -2.54. The fourth-order valence-corrected chi connectivity index (χ4v) is 4.49. The summed E-state index contributed by atoms with van der Waals surface area (Å²) in [6.07, 6.45) is 0. The number of carbonyl (C=O) groups is 3. The summed E-state index contributed by atoms with van der Waals surface area (Å²) in [6.45, 7) is 0.436. The first kappa shape index (κ1) is 28.4. The van der Waals surface area contributed by atoms with Crippen LogP contribution < -0.4 is 4.90 Å². The maximum absolute atomic E-state index is 12.9. The summed E-state index contributed by atoms with van der Waals surface area (Å²) < 4.78 is 16.9. The van der Waals surface area contributed by atoms with E-state index in [4.69, 9.17) is 14.2 Å². The summed E-state index contributed by atoms with van der Waals surface area (Å²) in [7, 11) is 4.02. The molecule has 0 radical (unpaired) electrons. The lowest BCUT2D eigenvalue weighted by molar-refractivity contribution is -0.142. The predicted octanol–water partition coefficient (Wildman–Crippen LogP) is 5.72. The lowest BCUT2D eigenvalue weighted by atomic mass is 9.95. The number of hydrogen-bond acceptors (Lipinski definition) is 7. The van der Waals surface area contributed by atoms with Crippen LogP contribution in [-0.4, -0.2) is 52.3 Å². The van der Waals surface area contributed by atoms with Gasteiger partial charge in [-0.25, -0.2) is 4.79 Å². The van der Waals surface area contributed by atoms with Crippen molar-refractivity contribution < 1.29 is 28.6 Å². The largest absolute Gasteiger partial charge is 0.468 e. The lowest BCUT2D eigenvalue weighted by Gasteiger charge is -2.31. The Labute approximate surface area is 233 Å². The second-order valence-corrected chi connectivity index (χ2v) is 10.0. The molecule has 0 spiro atoms. The number of nitrogens with zero attached hydrogens (tertiary/aromatic N) is 1. The van der Waals surface area contributed by atoms with E-state index in [9.17, 15) is 14.4 Å². The first-order valence-corrected chi connectivity index (χ1v) is 13.0. The molecule has 0 amide bonds. The van der Waals surface area contributed by atoms with E-state index < -0.39 is 29.7 Å². The Morgan fingerprint density at radius 2 is 1.05 bits per heavy atom. The average Bonchev–Trinajstić information content (AvgIpc) is 2.93. The fraction of sp³-hybridized carbons (Fsp3) is 0.250. The third kappa shape index (κ3) is 7.42. The highest BCUT2D eigenvalue weighted by Gasteiger charge is 2.30. The highest BCUT2D eigenvalue weighted by atomic mass is 79.9. The summed E-state index contributed by atoms with van der Waals surface area (Å²) >= 11 is 6.86. The smallest absolute Gasteiger partial charge is 0.337 e. The monoisotopic (exact) mass is 631 g/mol. The van der Waals surface area contributed by atoms with Gasteiger partial charge in [-0.1, -0.05) is 56.1 Å². The molecule has 0 unspecified atom stereocenters. The van der Waals surface area contributed by atoms with Crippen molar-refractivity contribution in [3.05, 3.63) is 98.4 Å². The van der Waals surface area contributed by atoms with Crippen molar-refractivity contribution in [1.82, 2.24) is 0 Å². The molecule has 0 saturated heterocycles. The molecule has 0 aliphatic carbocycles. The van der Waals surface area contributed by atoms with Crippen LogP contribution in [0.15, 0.2) is 81.7 Å². The van der Waals surface area contributed by atoms with E-state index in [1.54, 1.807) is 24.3 Å². The van der Waals surface area contributed by atoms with Crippen LogP contribution in [0.5, 0.6) is 0 Å². The summed E-state index contributed by atoms with van der Waals surface area (Å²) in [4.78, 5) is 39.7. The number of carbonyl (C=O) groups excluding carboxylic acids is 3. The Morgan fingerprint density at radius 3 is 1.41 bits per heavy atom. The van der Waals surface area contributed by atoms with Crippen molar-refractivity contribution in [3.63, 3.8) is 0 Å². The number of methoxy groups -OCH3 is 3. The van der Waals surface area contributed by atoms with Gasteiger partial charge in [-0.2, -0.15) is 0 Å². The van der Waals surface area contributed by atoms with E-state index in [-0.39, 0.29) is 13.1 Å². The second-order valence-electron chi connectivity index (χ2n) is 8.20. The lowest BCUT2D eigenvalue weighted by Crippen LogP contribution is -2.37. The molecule has 0 fully saturated rings. The maximum Gasteiger partial charge on any atom is 0.337 e. The zero-order chi connectivity index (χ0) is 26.9. The first-order valence-electron chi connectivity index (χ1n) is 11.4. The van der Waals surface area contributed by atoms with Crippen LogP contribution >= 0.6 is 31.9 Å². The molecule has 3 rings (SSSR count). The normalized spacial score (nSPS) is 12.2. The number of hydrogen-bond donors (Lipinski definition) is 0. The highest BCUT2D eigenvalue weighted by molar-refractivity contribution is 9.10. The Balaban J connectivity index is 2.04. The van der Waals surface area contributed by atoms with Crippen molar-refractivity contribution in [2.45, 2.75) is 11.8 Å².